The Morgan fingerprint density at radius 1 is 0.941 bits per heavy atom. The van der Waals surface area contributed by atoms with Crippen LogP contribution in [-0.2, 0) is 0 Å². The van der Waals surface area contributed by atoms with Crippen molar-refractivity contribution in [3.05, 3.63) is 71.8 Å². The number of hydrogen-bond acceptors (Lipinski definition) is 1. The van der Waals surface area contributed by atoms with Gasteiger partial charge in [-0.1, -0.05) is 66.4 Å². The van der Waals surface area contributed by atoms with Crippen LogP contribution in [0.1, 0.15) is 18.1 Å². The minimum atomic E-state index is 1.28. The van der Waals surface area contributed by atoms with Crippen molar-refractivity contribution in [3.8, 4) is 0 Å². The van der Waals surface area contributed by atoms with Gasteiger partial charge in [0.1, 0.15) is 0 Å². The molecule has 17 heavy (non-hydrogen) atoms. The van der Waals surface area contributed by atoms with Gasteiger partial charge in [0.05, 0.1) is 0 Å². The summed E-state index contributed by atoms with van der Waals surface area (Å²) in [6, 6.07) is 19.0. The lowest BCUT2D eigenvalue weighted by atomic mass is 10.2. The molecule has 0 bridgehead atoms. The van der Waals surface area contributed by atoms with Gasteiger partial charge in [0.25, 0.3) is 0 Å². The van der Waals surface area contributed by atoms with E-state index < -0.39 is 0 Å². The van der Waals surface area contributed by atoms with Gasteiger partial charge in [-0.05, 0) is 31.0 Å². The van der Waals surface area contributed by atoms with Crippen LogP contribution in [0, 0.1) is 6.92 Å². The molecule has 0 spiro atoms. The molecule has 0 heterocycles. The van der Waals surface area contributed by atoms with E-state index in [0.717, 1.165) is 0 Å². The summed E-state index contributed by atoms with van der Waals surface area (Å²) < 4.78 is 0. The molecule has 2 aromatic rings. The predicted octanol–water partition coefficient (Wildman–Crippen LogP) is 5.15. The second kappa shape index (κ2) is 5.74. The van der Waals surface area contributed by atoms with E-state index in [1.165, 1.54) is 20.9 Å². The molecule has 0 aliphatic carbocycles. The zero-order valence-corrected chi connectivity index (χ0v) is 11.0. The maximum Gasteiger partial charge on any atom is 0.0152 e. The highest BCUT2D eigenvalue weighted by Crippen LogP contribution is 2.35. The lowest BCUT2D eigenvalue weighted by Gasteiger charge is -2.09. The van der Waals surface area contributed by atoms with Crippen LogP contribution in [0.25, 0.3) is 4.91 Å². The van der Waals surface area contributed by atoms with E-state index in [1.807, 2.05) is 11.8 Å². The van der Waals surface area contributed by atoms with Gasteiger partial charge in [0.2, 0.25) is 0 Å². The van der Waals surface area contributed by atoms with Gasteiger partial charge in [-0.15, -0.1) is 0 Å². The first-order chi connectivity index (χ1) is 8.31. The summed E-state index contributed by atoms with van der Waals surface area (Å²) in [6.45, 7) is 4.24. The fourth-order valence-electron chi connectivity index (χ4n) is 1.68. The molecule has 0 amide bonds. The van der Waals surface area contributed by atoms with Gasteiger partial charge in [0.15, 0.2) is 0 Å². The zero-order chi connectivity index (χ0) is 12.1. The molecule has 2 aromatic carbocycles. The number of aryl methyl sites for hydroxylation is 1. The van der Waals surface area contributed by atoms with Gasteiger partial charge in [-0.2, -0.15) is 0 Å². The highest BCUT2D eigenvalue weighted by Gasteiger charge is 2.04. The Morgan fingerprint density at radius 2 is 1.59 bits per heavy atom. The van der Waals surface area contributed by atoms with Crippen molar-refractivity contribution in [2.24, 2.45) is 0 Å². The first kappa shape index (κ1) is 12.0. The van der Waals surface area contributed by atoms with Crippen molar-refractivity contribution in [2.45, 2.75) is 18.7 Å². The van der Waals surface area contributed by atoms with Crippen molar-refractivity contribution in [1.29, 1.82) is 0 Å². The van der Waals surface area contributed by atoms with Crippen LogP contribution in [0.2, 0.25) is 0 Å². The molecule has 0 aromatic heterocycles. The third kappa shape index (κ3) is 3.01. The van der Waals surface area contributed by atoms with Gasteiger partial charge < -0.3 is 0 Å². The Kier molecular flexibility index (Phi) is 4.05. The van der Waals surface area contributed by atoms with Gasteiger partial charge in [-0.3, -0.25) is 0 Å². The van der Waals surface area contributed by atoms with Crippen LogP contribution in [0.15, 0.2) is 65.6 Å². The number of allylic oxidation sites excluding steroid dienone is 1. The first-order valence-corrected chi connectivity index (χ1v) is 6.58. The smallest absolute Gasteiger partial charge is 0.0152 e. The number of hydrogen-bond donors (Lipinski definition) is 0. The Morgan fingerprint density at radius 3 is 2.24 bits per heavy atom. The van der Waals surface area contributed by atoms with E-state index in [4.69, 9.17) is 0 Å². The maximum absolute atomic E-state index is 2.17. The summed E-state index contributed by atoms with van der Waals surface area (Å²) in [5.74, 6) is 0. The molecular weight excluding hydrogens is 224 g/mol. The van der Waals surface area contributed by atoms with E-state index in [1.54, 1.807) is 0 Å². The second-order valence-corrected chi connectivity index (χ2v) is 4.97. The molecule has 0 nitrogen and oxygen atoms in total. The molecule has 0 atom stereocenters. The molecule has 0 saturated heterocycles. The van der Waals surface area contributed by atoms with E-state index >= 15 is 0 Å². The van der Waals surface area contributed by atoms with Crippen LogP contribution in [0.3, 0.4) is 0 Å². The predicted molar refractivity (Wildman–Crippen MR) is 77.1 cm³/mol. The third-order valence-electron chi connectivity index (χ3n) is 2.63. The lowest BCUT2D eigenvalue weighted by molar-refractivity contribution is 1.31. The van der Waals surface area contributed by atoms with Crippen molar-refractivity contribution >= 4 is 16.7 Å². The van der Waals surface area contributed by atoms with E-state index in [0.29, 0.717) is 0 Å². The quantitative estimate of drug-likeness (QED) is 0.669. The van der Waals surface area contributed by atoms with Crippen LogP contribution in [0.5, 0.6) is 0 Å². The highest BCUT2D eigenvalue weighted by molar-refractivity contribution is 8.08. The third-order valence-corrected chi connectivity index (χ3v) is 4.00. The SMILES string of the molecule is C/C=C(\Sc1ccccc1C)c1ccccc1. The molecule has 0 radical (unpaired) electrons. The van der Waals surface area contributed by atoms with Crippen molar-refractivity contribution in [3.63, 3.8) is 0 Å². The van der Waals surface area contributed by atoms with Gasteiger partial charge in [0, 0.05) is 9.80 Å². The average molecular weight is 240 g/mol. The molecule has 2 rings (SSSR count). The van der Waals surface area contributed by atoms with Crippen LogP contribution in [0.4, 0.5) is 0 Å². The Hall–Kier alpha value is -1.47. The Bertz CT molecular complexity index is 512. The van der Waals surface area contributed by atoms with Crippen LogP contribution in [-0.4, -0.2) is 0 Å². The second-order valence-electron chi connectivity index (χ2n) is 3.89. The zero-order valence-electron chi connectivity index (χ0n) is 10.2. The Labute approximate surface area is 107 Å². The largest absolute Gasteiger partial charge is 0.0895 e. The minimum absolute atomic E-state index is 1.28. The van der Waals surface area contributed by atoms with Crippen molar-refractivity contribution < 1.29 is 0 Å². The highest BCUT2D eigenvalue weighted by atomic mass is 32.2. The Balaban J connectivity index is 2.26. The number of benzene rings is 2. The molecule has 0 aliphatic heterocycles. The first-order valence-electron chi connectivity index (χ1n) is 5.76. The summed E-state index contributed by atoms with van der Waals surface area (Å²) in [6.07, 6.45) is 2.17. The normalized spacial score (nSPS) is 11.5. The molecule has 0 fully saturated rings. The summed E-state index contributed by atoms with van der Waals surface area (Å²) in [7, 11) is 0. The molecule has 0 aliphatic rings. The number of thioether (sulfide) groups is 1. The van der Waals surface area contributed by atoms with Crippen molar-refractivity contribution in [2.75, 3.05) is 0 Å². The van der Waals surface area contributed by atoms with Gasteiger partial charge >= 0.3 is 0 Å². The fourth-order valence-corrected chi connectivity index (χ4v) is 2.66. The van der Waals surface area contributed by atoms with E-state index in [-0.39, 0.29) is 0 Å². The maximum atomic E-state index is 2.17. The van der Waals surface area contributed by atoms with Gasteiger partial charge in [-0.25, -0.2) is 0 Å². The summed E-state index contributed by atoms with van der Waals surface area (Å²) in [5.41, 5.74) is 2.61. The molecule has 1 heteroatoms. The molecule has 0 saturated carbocycles. The van der Waals surface area contributed by atoms with Crippen LogP contribution < -0.4 is 0 Å². The monoisotopic (exact) mass is 240 g/mol. The minimum Gasteiger partial charge on any atom is -0.0895 e. The molecule has 0 N–H and O–H groups in total. The van der Waals surface area contributed by atoms with E-state index in [9.17, 15) is 0 Å². The molecular formula is C16H16S. The van der Waals surface area contributed by atoms with Crippen molar-refractivity contribution in [1.82, 2.24) is 0 Å². The lowest BCUT2D eigenvalue weighted by Crippen LogP contribution is -1.82. The summed E-state index contributed by atoms with van der Waals surface area (Å²) in [5, 5.41) is 0. The summed E-state index contributed by atoms with van der Waals surface area (Å²) >= 11 is 1.83. The standard InChI is InChI=1S/C16H16S/c1-3-15(14-10-5-4-6-11-14)17-16-12-8-7-9-13(16)2/h3-12H,1-2H3/b15-3-. The van der Waals surface area contributed by atoms with E-state index in [2.05, 4.69) is 74.5 Å². The topological polar surface area (TPSA) is 0 Å². The molecule has 0 unspecified atom stereocenters. The average Bonchev–Trinajstić information content (AvgIpc) is 2.39. The fraction of sp³-hybridized carbons (Fsp3) is 0.125. The number of rotatable bonds is 3. The molecule has 86 valence electrons. The van der Waals surface area contributed by atoms with Crippen LogP contribution >= 0.6 is 11.8 Å². The summed E-state index contributed by atoms with van der Waals surface area (Å²) in [4.78, 5) is 2.63.